The molecule has 3 heteroatoms. The van der Waals surface area contributed by atoms with Crippen LogP contribution in [0.2, 0.25) is 0 Å². The van der Waals surface area contributed by atoms with Crippen molar-refractivity contribution in [1.29, 1.82) is 0 Å². The molecule has 1 atom stereocenters. The van der Waals surface area contributed by atoms with Gasteiger partial charge in [-0.15, -0.1) is 0 Å². The lowest BCUT2D eigenvalue weighted by molar-refractivity contribution is -0.111. The molecule has 0 amide bonds. The van der Waals surface area contributed by atoms with Gasteiger partial charge < -0.3 is 4.74 Å². The minimum Gasteiger partial charge on any atom is -0.364 e. The number of hydrogen-bond acceptors (Lipinski definition) is 2. The van der Waals surface area contributed by atoms with Gasteiger partial charge in [0.15, 0.2) is 0 Å². The smallest absolute Gasteiger partial charge is 0.228 e. The summed E-state index contributed by atoms with van der Waals surface area (Å²) >= 11 is 2.74. The van der Waals surface area contributed by atoms with E-state index in [0.717, 1.165) is 0 Å². The third-order valence-electron chi connectivity index (χ3n) is 0.586. The van der Waals surface area contributed by atoms with Gasteiger partial charge in [0.2, 0.25) is 4.69 Å². The molecule has 0 aliphatic carbocycles. The van der Waals surface area contributed by atoms with Gasteiger partial charge in [-0.25, -0.2) is 0 Å². The Labute approximate surface area is 43.6 Å². The van der Waals surface area contributed by atoms with E-state index in [1.807, 2.05) is 0 Å². The summed E-state index contributed by atoms with van der Waals surface area (Å²) in [7, 11) is 0. The maximum atomic E-state index is 10.00. The molecule has 1 aliphatic rings. The highest BCUT2D eigenvalue weighted by atomic mass is 79.9. The van der Waals surface area contributed by atoms with E-state index in [4.69, 9.17) is 0 Å². The van der Waals surface area contributed by atoms with Gasteiger partial charge in [-0.2, -0.15) is 0 Å². The van der Waals surface area contributed by atoms with Crippen molar-refractivity contribution in [3.63, 3.8) is 0 Å². The lowest BCUT2D eigenvalue weighted by Crippen LogP contribution is -1.92. The molecule has 0 aromatic rings. The van der Waals surface area contributed by atoms with Crippen LogP contribution >= 0.6 is 15.9 Å². The summed E-state index contributed by atoms with van der Waals surface area (Å²) < 4.78 is 4.53. The van der Waals surface area contributed by atoms with E-state index in [9.17, 15) is 4.79 Å². The van der Waals surface area contributed by atoms with Gasteiger partial charge in [-0.3, -0.25) is 4.79 Å². The van der Waals surface area contributed by atoms with Crippen molar-refractivity contribution >= 4 is 20.6 Å². The fraction of sp³-hybridized carbons (Fsp3) is 0.667. The van der Waals surface area contributed by atoms with E-state index < -0.39 is 0 Å². The number of rotatable bonds is 1. The number of hydrogen-bond donors (Lipinski definition) is 0. The van der Waals surface area contributed by atoms with Crippen LogP contribution in [0.1, 0.15) is 0 Å². The van der Waals surface area contributed by atoms with Crippen LogP contribution in [0.4, 0.5) is 0 Å². The SMILES string of the molecule is O=C(Br)C1CO1. The predicted octanol–water partition coefficient (Wildman–Crippen LogP) is 0.307. The third-order valence-corrected chi connectivity index (χ3v) is 1.10. The van der Waals surface area contributed by atoms with Gasteiger partial charge >= 0.3 is 0 Å². The van der Waals surface area contributed by atoms with Crippen LogP contribution in [0.3, 0.4) is 0 Å². The summed E-state index contributed by atoms with van der Waals surface area (Å²) in [5.74, 6) is 0. The molecule has 0 spiro atoms. The quantitative estimate of drug-likeness (QED) is 0.398. The van der Waals surface area contributed by atoms with Crippen LogP contribution in [0.15, 0.2) is 0 Å². The Kier molecular flexibility index (Phi) is 0.935. The fourth-order valence-corrected chi connectivity index (χ4v) is 0.443. The number of carbonyl (C=O) groups excluding carboxylic acids is 1. The second-order valence-electron chi connectivity index (χ2n) is 1.13. The molecule has 0 bridgehead atoms. The summed E-state index contributed by atoms with van der Waals surface area (Å²) in [4.78, 5) is 10.00. The van der Waals surface area contributed by atoms with Crippen molar-refractivity contribution < 1.29 is 9.53 Å². The normalized spacial score (nSPS) is 29.8. The average Bonchev–Trinajstić information content (AvgIpc) is 2.06. The molecule has 1 saturated heterocycles. The lowest BCUT2D eigenvalue weighted by Gasteiger charge is -1.69. The summed E-state index contributed by atoms with van der Waals surface area (Å²) in [6.45, 7) is 0.601. The van der Waals surface area contributed by atoms with E-state index in [-0.39, 0.29) is 10.8 Å². The minimum atomic E-state index is -0.120. The van der Waals surface area contributed by atoms with E-state index in [0.29, 0.717) is 6.61 Å². The maximum absolute atomic E-state index is 10.00. The summed E-state index contributed by atoms with van der Waals surface area (Å²) in [5, 5.41) is 0. The number of ether oxygens (including phenoxy) is 1. The van der Waals surface area contributed by atoms with Crippen LogP contribution in [0, 0.1) is 0 Å². The molecule has 1 rings (SSSR count). The van der Waals surface area contributed by atoms with Crippen molar-refractivity contribution in [2.45, 2.75) is 6.10 Å². The first-order chi connectivity index (χ1) is 2.80. The predicted molar refractivity (Wildman–Crippen MR) is 23.7 cm³/mol. The number of halogens is 1. The van der Waals surface area contributed by atoms with Gasteiger partial charge in [0.05, 0.1) is 6.61 Å². The molecular weight excluding hydrogens is 148 g/mol. The second-order valence-corrected chi connectivity index (χ2v) is 1.91. The largest absolute Gasteiger partial charge is 0.364 e. The Balaban J connectivity index is 2.31. The number of carbonyl (C=O) groups is 1. The monoisotopic (exact) mass is 150 g/mol. The maximum Gasteiger partial charge on any atom is 0.228 e. The molecule has 1 heterocycles. The molecule has 6 heavy (non-hydrogen) atoms. The highest BCUT2D eigenvalue weighted by molar-refractivity contribution is 9.18. The summed E-state index contributed by atoms with van der Waals surface area (Å²) in [5.41, 5.74) is 0. The number of epoxide rings is 1. The fourth-order valence-electron chi connectivity index (χ4n) is 0.179. The molecule has 34 valence electrons. The summed E-state index contributed by atoms with van der Waals surface area (Å²) in [6, 6.07) is 0. The Morgan fingerprint density at radius 3 is 2.50 bits per heavy atom. The molecule has 0 N–H and O–H groups in total. The van der Waals surface area contributed by atoms with Crippen molar-refractivity contribution in [3.05, 3.63) is 0 Å². The zero-order chi connectivity index (χ0) is 4.57. The van der Waals surface area contributed by atoms with Crippen molar-refractivity contribution in [2.75, 3.05) is 6.61 Å². The first-order valence-electron chi connectivity index (χ1n) is 1.61. The molecule has 0 aromatic heterocycles. The van der Waals surface area contributed by atoms with Gasteiger partial charge in [0.1, 0.15) is 6.10 Å². The van der Waals surface area contributed by atoms with Gasteiger partial charge in [-0.05, 0) is 15.9 Å². The van der Waals surface area contributed by atoms with E-state index in [1.54, 1.807) is 0 Å². The minimum absolute atomic E-state index is 0.0394. The Morgan fingerprint density at radius 1 is 2.00 bits per heavy atom. The molecule has 0 radical (unpaired) electrons. The van der Waals surface area contributed by atoms with E-state index in [2.05, 4.69) is 20.7 Å². The molecule has 1 fully saturated rings. The molecule has 1 unspecified atom stereocenters. The van der Waals surface area contributed by atoms with Crippen molar-refractivity contribution in [1.82, 2.24) is 0 Å². The standard InChI is InChI=1S/C3H3BrO2/c4-3(5)2-1-6-2/h2H,1H2. The van der Waals surface area contributed by atoms with E-state index >= 15 is 0 Å². The molecule has 1 aliphatic heterocycles. The van der Waals surface area contributed by atoms with Crippen LogP contribution in [-0.4, -0.2) is 17.4 Å². The molecule has 0 saturated carbocycles. The zero-order valence-electron chi connectivity index (χ0n) is 2.98. The van der Waals surface area contributed by atoms with Crippen LogP contribution < -0.4 is 0 Å². The molecule has 0 aromatic carbocycles. The van der Waals surface area contributed by atoms with E-state index in [1.165, 1.54) is 0 Å². The van der Waals surface area contributed by atoms with Crippen LogP contribution in [-0.2, 0) is 9.53 Å². The van der Waals surface area contributed by atoms with Gasteiger partial charge in [-0.1, -0.05) is 0 Å². The Bertz CT molecular complexity index is 76.9. The average molecular weight is 151 g/mol. The van der Waals surface area contributed by atoms with Crippen molar-refractivity contribution in [2.24, 2.45) is 0 Å². The molecular formula is C3H3BrO2. The Hall–Kier alpha value is 0.110. The zero-order valence-corrected chi connectivity index (χ0v) is 4.56. The van der Waals surface area contributed by atoms with Crippen molar-refractivity contribution in [3.8, 4) is 0 Å². The van der Waals surface area contributed by atoms with Gasteiger partial charge in [0, 0.05) is 0 Å². The van der Waals surface area contributed by atoms with Crippen LogP contribution in [0.5, 0.6) is 0 Å². The third kappa shape index (κ3) is 0.786. The topological polar surface area (TPSA) is 29.6 Å². The van der Waals surface area contributed by atoms with Gasteiger partial charge in [0.25, 0.3) is 0 Å². The first-order valence-corrected chi connectivity index (χ1v) is 2.41. The Morgan fingerprint density at radius 2 is 2.50 bits per heavy atom. The highest BCUT2D eigenvalue weighted by Gasteiger charge is 2.28. The highest BCUT2D eigenvalue weighted by Crippen LogP contribution is 2.12. The second kappa shape index (κ2) is 1.31. The molecule has 2 nitrogen and oxygen atoms in total. The summed E-state index contributed by atoms with van der Waals surface area (Å²) in [6.07, 6.45) is -0.120. The first kappa shape index (κ1) is 4.27. The lowest BCUT2D eigenvalue weighted by atomic mass is 10.6. The van der Waals surface area contributed by atoms with Crippen LogP contribution in [0.25, 0.3) is 0 Å².